The second-order valence-corrected chi connectivity index (χ2v) is 4.36. The van der Waals surface area contributed by atoms with Gasteiger partial charge in [0.15, 0.2) is 0 Å². The summed E-state index contributed by atoms with van der Waals surface area (Å²) >= 11 is 0. The van der Waals surface area contributed by atoms with Gasteiger partial charge in [0.1, 0.15) is 5.82 Å². The normalized spacial score (nSPS) is 26.2. The van der Waals surface area contributed by atoms with Crippen LogP contribution in [0, 0.1) is 5.82 Å². The topological polar surface area (TPSA) is 26.0 Å². The summed E-state index contributed by atoms with van der Waals surface area (Å²) in [4.78, 5) is 0. The highest BCUT2D eigenvalue weighted by atomic mass is 19.4. The van der Waals surface area contributed by atoms with Crippen LogP contribution in [-0.2, 0) is 11.6 Å². The number of nitrogens with two attached hydrogens (primary N) is 1. The fourth-order valence-electron chi connectivity index (χ4n) is 2.03. The van der Waals surface area contributed by atoms with Crippen LogP contribution in [-0.4, -0.2) is 12.5 Å². The van der Waals surface area contributed by atoms with E-state index in [0.29, 0.717) is 12.1 Å². The average Bonchev–Trinajstić information content (AvgIpc) is 2.80. The van der Waals surface area contributed by atoms with E-state index < -0.39 is 41.9 Å². The van der Waals surface area contributed by atoms with Crippen LogP contribution in [0.25, 0.3) is 0 Å². The highest BCUT2D eigenvalue weighted by Crippen LogP contribution is 2.61. The fourth-order valence-corrected chi connectivity index (χ4v) is 2.03. The molecule has 1 atom stereocenters. The van der Waals surface area contributed by atoms with E-state index in [9.17, 15) is 26.3 Å². The zero-order valence-corrected chi connectivity index (χ0v) is 8.99. The van der Waals surface area contributed by atoms with Gasteiger partial charge in [-0.2, -0.15) is 13.2 Å². The summed E-state index contributed by atoms with van der Waals surface area (Å²) in [7, 11) is 0. The minimum atomic E-state index is -4.84. The third kappa shape index (κ3) is 1.77. The summed E-state index contributed by atoms with van der Waals surface area (Å²) in [5.74, 6) is -4.65. The van der Waals surface area contributed by atoms with Gasteiger partial charge in [0.05, 0.1) is 11.0 Å². The van der Waals surface area contributed by atoms with E-state index in [2.05, 4.69) is 0 Å². The number of benzene rings is 1. The van der Waals surface area contributed by atoms with Gasteiger partial charge in [0.2, 0.25) is 0 Å². The van der Waals surface area contributed by atoms with Crippen LogP contribution in [0.4, 0.5) is 26.3 Å². The quantitative estimate of drug-likeness (QED) is 0.820. The molecule has 0 amide bonds. The largest absolute Gasteiger partial charge is 0.419 e. The van der Waals surface area contributed by atoms with Gasteiger partial charge in [-0.1, -0.05) is 6.07 Å². The van der Waals surface area contributed by atoms with Crippen LogP contribution in [0.2, 0.25) is 0 Å². The van der Waals surface area contributed by atoms with Crippen molar-refractivity contribution in [2.45, 2.75) is 23.9 Å². The Bertz CT molecular complexity index is 481. The number of hydrogen-bond acceptors (Lipinski definition) is 1. The van der Waals surface area contributed by atoms with Crippen LogP contribution >= 0.6 is 0 Å². The molecule has 1 unspecified atom stereocenters. The van der Waals surface area contributed by atoms with E-state index in [1.165, 1.54) is 0 Å². The van der Waals surface area contributed by atoms with E-state index in [-0.39, 0.29) is 5.56 Å². The molecule has 1 fully saturated rings. The van der Waals surface area contributed by atoms with E-state index in [1.807, 2.05) is 0 Å². The number of halogens is 6. The minimum Gasteiger partial charge on any atom is -0.329 e. The van der Waals surface area contributed by atoms with Crippen molar-refractivity contribution < 1.29 is 26.3 Å². The van der Waals surface area contributed by atoms with Crippen molar-refractivity contribution in [3.63, 3.8) is 0 Å². The molecular formula is C11H9F6N. The van der Waals surface area contributed by atoms with Crippen molar-refractivity contribution in [2.24, 2.45) is 5.73 Å². The van der Waals surface area contributed by atoms with E-state index in [1.54, 1.807) is 0 Å². The molecule has 0 bridgehead atoms. The summed E-state index contributed by atoms with van der Waals surface area (Å²) in [6, 6.07) is 1.83. The van der Waals surface area contributed by atoms with Crippen LogP contribution in [0.15, 0.2) is 18.2 Å². The second kappa shape index (κ2) is 3.63. The lowest BCUT2D eigenvalue weighted by Gasteiger charge is -2.16. The van der Waals surface area contributed by atoms with Gasteiger partial charge >= 0.3 is 6.18 Å². The molecule has 0 aliphatic heterocycles. The fraction of sp³-hybridized carbons (Fsp3) is 0.455. The maximum Gasteiger partial charge on any atom is 0.419 e. The molecule has 1 aliphatic carbocycles. The molecule has 1 nitrogen and oxygen atoms in total. The first-order chi connectivity index (χ1) is 8.14. The number of hydrogen-bond donors (Lipinski definition) is 1. The summed E-state index contributed by atoms with van der Waals surface area (Å²) < 4.78 is 76.6. The van der Waals surface area contributed by atoms with Crippen molar-refractivity contribution in [1.82, 2.24) is 0 Å². The smallest absolute Gasteiger partial charge is 0.329 e. The zero-order chi connectivity index (χ0) is 13.8. The zero-order valence-electron chi connectivity index (χ0n) is 8.99. The minimum absolute atomic E-state index is 0.194. The summed E-state index contributed by atoms with van der Waals surface area (Å²) in [6.45, 7) is -0.440. The first-order valence-electron chi connectivity index (χ1n) is 5.09. The van der Waals surface area contributed by atoms with Crippen molar-refractivity contribution >= 4 is 0 Å². The Morgan fingerprint density at radius 2 is 1.78 bits per heavy atom. The highest BCUT2D eigenvalue weighted by molar-refractivity contribution is 5.41. The van der Waals surface area contributed by atoms with Crippen LogP contribution in [0.3, 0.4) is 0 Å². The maximum atomic E-state index is 13.3. The maximum absolute atomic E-state index is 13.3. The predicted octanol–water partition coefficient (Wildman–Crippen LogP) is 3.08. The Morgan fingerprint density at radius 1 is 1.22 bits per heavy atom. The standard InChI is InChI=1S/C11H9F6N/c12-8-3-6(1-2-7(8)11(15,16)17)9(5-18)4-10(9,13)14/h1-3H,4-5,18H2. The molecule has 2 N–H and O–H groups in total. The molecule has 0 radical (unpaired) electrons. The predicted molar refractivity (Wildman–Crippen MR) is 51.7 cm³/mol. The molecule has 0 spiro atoms. The lowest BCUT2D eigenvalue weighted by molar-refractivity contribution is -0.140. The summed E-state index contributed by atoms with van der Waals surface area (Å²) in [5.41, 5.74) is 1.84. The Morgan fingerprint density at radius 3 is 2.11 bits per heavy atom. The van der Waals surface area contributed by atoms with E-state index in [4.69, 9.17) is 5.73 Å². The second-order valence-electron chi connectivity index (χ2n) is 4.36. The summed E-state index contributed by atoms with van der Waals surface area (Å²) in [6.07, 6.45) is -5.41. The van der Waals surface area contributed by atoms with Gasteiger partial charge in [-0.05, 0) is 17.7 Å². The SMILES string of the molecule is NCC1(c2ccc(C(F)(F)F)c(F)c2)CC1(F)F. The molecule has 18 heavy (non-hydrogen) atoms. The molecule has 1 aromatic rings. The lowest BCUT2D eigenvalue weighted by atomic mass is 9.94. The molecule has 1 aromatic carbocycles. The molecule has 0 heterocycles. The first-order valence-corrected chi connectivity index (χ1v) is 5.09. The molecule has 0 saturated heterocycles. The van der Waals surface area contributed by atoms with Gasteiger partial charge in [-0.25, -0.2) is 13.2 Å². The molecule has 100 valence electrons. The van der Waals surface area contributed by atoms with E-state index in [0.717, 1.165) is 6.07 Å². The monoisotopic (exact) mass is 269 g/mol. The van der Waals surface area contributed by atoms with Gasteiger partial charge in [-0.3, -0.25) is 0 Å². The molecule has 1 saturated carbocycles. The van der Waals surface area contributed by atoms with Gasteiger partial charge < -0.3 is 5.73 Å². The van der Waals surface area contributed by atoms with Gasteiger partial charge in [0.25, 0.3) is 5.92 Å². The molecule has 2 rings (SSSR count). The van der Waals surface area contributed by atoms with Crippen LogP contribution in [0.1, 0.15) is 17.5 Å². The average molecular weight is 269 g/mol. The molecule has 1 aliphatic rings. The Hall–Kier alpha value is -1.24. The van der Waals surface area contributed by atoms with Crippen molar-refractivity contribution in [1.29, 1.82) is 0 Å². The van der Waals surface area contributed by atoms with Gasteiger partial charge in [-0.15, -0.1) is 0 Å². The van der Waals surface area contributed by atoms with Gasteiger partial charge in [0, 0.05) is 13.0 Å². The van der Waals surface area contributed by atoms with Crippen LogP contribution in [0.5, 0.6) is 0 Å². The third-order valence-corrected chi connectivity index (χ3v) is 3.27. The first kappa shape index (κ1) is 13.2. The molecular weight excluding hydrogens is 260 g/mol. The third-order valence-electron chi connectivity index (χ3n) is 3.27. The Kier molecular flexibility index (Phi) is 2.66. The van der Waals surface area contributed by atoms with Crippen molar-refractivity contribution in [3.8, 4) is 0 Å². The summed E-state index contributed by atoms with van der Waals surface area (Å²) in [5, 5.41) is 0. The highest BCUT2D eigenvalue weighted by Gasteiger charge is 2.71. The lowest BCUT2D eigenvalue weighted by Crippen LogP contribution is -2.27. The Balaban J connectivity index is 2.42. The molecule has 7 heteroatoms. The van der Waals surface area contributed by atoms with Crippen molar-refractivity contribution in [2.75, 3.05) is 6.54 Å². The van der Waals surface area contributed by atoms with E-state index >= 15 is 0 Å². The molecule has 0 aromatic heterocycles. The number of rotatable bonds is 2. The number of alkyl halides is 5. The van der Waals surface area contributed by atoms with Crippen LogP contribution < -0.4 is 5.73 Å². The Labute approximate surface area is 98.6 Å². The van der Waals surface area contributed by atoms with Crippen molar-refractivity contribution in [3.05, 3.63) is 35.1 Å².